The van der Waals surface area contributed by atoms with Crippen LogP contribution in [0.2, 0.25) is 0 Å². The van der Waals surface area contributed by atoms with Gasteiger partial charge in [0.15, 0.2) is 0 Å². The Bertz CT molecular complexity index is 758. The number of sulfonamides is 1. The Morgan fingerprint density at radius 3 is 2.75 bits per heavy atom. The smallest absolute Gasteiger partial charge is 0.247 e. The van der Waals surface area contributed by atoms with E-state index in [4.69, 9.17) is 5.26 Å². The molecule has 0 aliphatic heterocycles. The molecule has 8 heteroatoms. The van der Waals surface area contributed by atoms with Gasteiger partial charge in [0.1, 0.15) is 12.4 Å². The molecule has 1 aromatic carbocycles. The normalized spacial score (nSPS) is 11.5. The van der Waals surface area contributed by atoms with E-state index in [1.165, 1.54) is 25.1 Å². The lowest BCUT2D eigenvalue weighted by Crippen LogP contribution is -2.22. The van der Waals surface area contributed by atoms with Gasteiger partial charge in [-0.25, -0.2) is 22.4 Å². The topological polar surface area (TPSA) is 91.9 Å². The Kier molecular flexibility index (Phi) is 3.83. The van der Waals surface area contributed by atoms with E-state index in [0.717, 1.165) is 9.87 Å². The predicted molar refractivity (Wildman–Crippen MR) is 71.2 cm³/mol. The zero-order valence-electron chi connectivity index (χ0n) is 11.1. The lowest BCUT2D eigenvalue weighted by molar-refractivity contribution is 0.520. The van der Waals surface area contributed by atoms with Gasteiger partial charge in [0, 0.05) is 14.1 Å². The number of benzene rings is 1. The molecule has 0 aliphatic rings. The van der Waals surface area contributed by atoms with Crippen molar-refractivity contribution in [3.05, 3.63) is 42.0 Å². The maximum atomic E-state index is 12.0. The van der Waals surface area contributed by atoms with E-state index in [0.29, 0.717) is 6.54 Å². The lowest BCUT2D eigenvalue weighted by Gasteiger charge is -2.12. The third kappa shape index (κ3) is 2.84. The quantitative estimate of drug-likeness (QED) is 0.815. The summed E-state index contributed by atoms with van der Waals surface area (Å²) in [6.45, 7) is 0.353. The Balaban J connectivity index is 2.29. The van der Waals surface area contributed by atoms with Crippen molar-refractivity contribution in [3.63, 3.8) is 0 Å². The van der Waals surface area contributed by atoms with Crippen LogP contribution in [0.4, 0.5) is 0 Å². The van der Waals surface area contributed by atoms with Crippen molar-refractivity contribution >= 4 is 10.0 Å². The molecule has 1 aromatic heterocycles. The van der Waals surface area contributed by atoms with Gasteiger partial charge in [0.2, 0.25) is 10.0 Å². The molecule has 0 saturated heterocycles. The predicted octanol–water partition coefficient (Wildman–Crippen LogP) is 0.448. The molecule has 0 fully saturated rings. The highest BCUT2D eigenvalue weighted by Gasteiger charge is 2.17. The lowest BCUT2D eigenvalue weighted by atomic mass is 10.2. The van der Waals surface area contributed by atoms with Crippen molar-refractivity contribution in [3.8, 4) is 6.07 Å². The van der Waals surface area contributed by atoms with Crippen LogP contribution in [0.15, 0.2) is 35.5 Å². The Labute approximate surface area is 117 Å². The van der Waals surface area contributed by atoms with Crippen LogP contribution >= 0.6 is 0 Å². The maximum Gasteiger partial charge on any atom is 0.252 e. The average molecular weight is 291 g/mol. The van der Waals surface area contributed by atoms with Crippen LogP contribution in [-0.4, -0.2) is 41.6 Å². The Hall–Kier alpha value is -2.24. The first-order valence-corrected chi connectivity index (χ1v) is 7.18. The summed E-state index contributed by atoms with van der Waals surface area (Å²) < 4.78 is 26.7. The Morgan fingerprint density at radius 2 is 2.15 bits per heavy atom. The molecular formula is C12H13N5O2S. The van der Waals surface area contributed by atoms with Crippen molar-refractivity contribution in [2.75, 3.05) is 14.1 Å². The number of nitrogens with zero attached hydrogens (tertiary/aromatic N) is 5. The SMILES string of the molecule is CN(C)S(=O)(=O)c1cccc(Cn2cnc(C#N)n2)c1. The molecule has 7 nitrogen and oxygen atoms in total. The van der Waals surface area contributed by atoms with E-state index in [-0.39, 0.29) is 10.7 Å². The first-order valence-electron chi connectivity index (χ1n) is 5.74. The molecule has 20 heavy (non-hydrogen) atoms. The van der Waals surface area contributed by atoms with Gasteiger partial charge in [0.25, 0.3) is 5.82 Å². The fourth-order valence-corrected chi connectivity index (χ4v) is 2.60. The van der Waals surface area contributed by atoms with Crippen LogP contribution in [0.1, 0.15) is 11.4 Å². The second kappa shape index (κ2) is 5.40. The molecule has 0 radical (unpaired) electrons. The second-order valence-electron chi connectivity index (χ2n) is 4.31. The molecule has 0 atom stereocenters. The van der Waals surface area contributed by atoms with E-state index < -0.39 is 10.0 Å². The minimum absolute atomic E-state index is 0.0852. The van der Waals surface area contributed by atoms with Crippen LogP contribution in [0.5, 0.6) is 0 Å². The summed E-state index contributed by atoms with van der Waals surface area (Å²) in [5, 5.41) is 12.6. The van der Waals surface area contributed by atoms with Crippen LogP contribution < -0.4 is 0 Å². The van der Waals surface area contributed by atoms with Crippen molar-refractivity contribution in [1.29, 1.82) is 5.26 Å². The summed E-state index contributed by atoms with van der Waals surface area (Å²) in [5.41, 5.74) is 0.766. The zero-order valence-corrected chi connectivity index (χ0v) is 11.9. The second-order valence-corrected chi connectivity index (χ2v) is 6.46. The van der Waals surface area contributed by atoms with Crippen molar-refractivity contribution in [2.24, 2.45) is 0 Å². The molecule has 2 rings (SSSR count). The van der Waals surface area contributed by atoms with Gasteiger partial charge in [-0.1, -0.05) is 12.1 Å². The minimum Gasteiger partial charge on any atom is -0.247 e. The number of aromatic nitrogens is 3. The summed E-state index contributed by atoms with van der Waals surface area (Å²) >= 11 is 0. The molecule has 0 spiro atoms. The molecule has 0 unspecified atom stereocenters. The van der Waals surface area contributed by atoms with Gasteiger partial charge in [-0.05, 0) is 17.7 Å². The molecule has 0 amide bonds. The highest BCUT2D eigenvalue weighted by atomic mass is 32.2. The minimum atomic E-state index is -3.46. The highest BCUT2D eigenvalue weighted by Crippen LogP contribution is 2.15. The van der Waals surface area contributed by atoms with Crippen LogP contribution in [-0.2, 0) is 16.6 Å². The number of rotatable bonds is 4. The maximum absolute atomic E-state index is 12.0. The van der Waals surface area contributed by atoms with E-state index in [2.05, 4.69) is 10.1 Å². The number of hydrogen-bond acceptors (Lipinski definition) is 5. The first-order chi connectivity index (χ1) is 9.43. The molecule has 0 N–H and O–H groups in total. The van der Waals surface area contributed by atoms with Gasteiger partial charge < -0.3 is 0 Å². The zero-order chi connectivity index (χ0) is 14.8. The fraction of sp³-hybridized carbons (Fsp3) is 0.250. The van der Waals surface area contributed by atoms with Gasteiger partial charge in [-0.3, -0.25) is 0 Å². The average Bonchev–Trinajstić information content (AvgIpc) is 2.86. The summed E-state index contributed by atoms with van der Waals surface area (Å²) in [7, 11) is -0.486. The van der Waals surface area contributed by atoms with Gasteiger partial charge >= 0.3 is 0 Å². The van der Waals surface area contributed by atoms with E-state index >= 15 is 0 Å². The first kappa shape index (κ1) is 14.2. The third-order valence-corrected chi connectivity index (χ3v) is 4.47. The molecule has 0 aliphatic carbocycles. The molecule has 0 bridgehead atoms. The Morgan fingerprint density at radius 1 is 1.40 bits per heavy atom. The van der Waals surface area contributed by atoms with E-state index in [1.54, 1.807) is 24.3 Å². The van der Waals surface area contributed by atoms with Crippen molar-refractivity contribution in [1.82, 2.24) is 19.1 Å². The molecular weight excluding hydrogens is 278 g/mol. The van der Waals surface area contributed by atoms with Gasteiger partial charge in [-0.2, -0.15) is 5.26 Å². The van der Waals surface area contributed by atoms with Crippen LogP contribution in [0, 0.1) is 11.3 Å². The molecule has 1 heterocycles. The third-order valence-electron chi connectivity index (χ3n) is 2.66. The fourth-order valence-electron chi connectivity index (χ4n) is 1.62. The van der Waals surface area contributed by atoms with Crippen molar-refractivity contribution < 1.29 is 8.42 Å². The highest BCUT2D eigenvalue weighted by molar-refractivity contribution is 7.89. The summed E-state index contributed by atoms with van der Waals surface area (Å²) in [6, 6.07) is 8.44. The monoisotopic (exact) mass is 291 g/mol. The van der Waals surface area contributed by atoms with Gasteiger partial charge in [0.05, 0.1) is 11.4 Å². The summed E-state index contributed by atoms with van der Waals surface area (Å²) in [4.78, 5) is 4.02. The van der Waals surface area contributed by atoms with E-state index in [1.807, 2.05) is 6.07 Å². The van der Waals surface area contributed by atoms with Crippen LogP contribution in [0.25, 0.3) is 0 Å². The molecule has 2 aromatic rings. The number of nitriles is 1. The standard InChI is InChI=1S/C12H13N5O2S/c1-16(2)20(18,19)11-5-3-4-10(6-11)8-17-9-14-12(7-13)15-17/h3-6,9H,8H2,1-2H3. The van der Waals surface area contributed by atoms with Gasteiger partial charge in [-0.15, -0.1) is 5.10 Å². The largest absolute Gasteiger partial charge is 0.252 e. The van der Waals surface area contributed by atoms with Crippen LogP contribution in [0.3, 0.4) is 0 Å². The van der Waals surface area contributed by atoms with E-state index in [9.17, 15) is 8.42 Å². The summed E-state index contributed by atoms with van der Waals surface area (Å²) in [5.74, 6) is 0.0852. The van der Waals surface area contributed by atoms with Crippen molar-refractivity contribution in [2.45, 2.75) is 11.4 Å². The molecule has 104 valence electrons. The number of hydrogen-bond donors (Lipinski definition) is 0. The molecule has 0 saturated carbocycles. The summed E-state index contributed by atoms with van der Waals surface area (Å²) in [6.07, 6.45) is 1.44.